The van der Waals surface area contributed by atoms with Gasteiger partial charge in [-0.3, -0.25) is 14.4 Å². The number of nitrogens with zero attached hydrogens (tertiary/aromatic N) is 1. The zero-order valence-corrected chi connectivity index (χ0v) is 17.9. The monoisotopic (exact) mass is 447 g/mol. The number of carboxylic acid groups (broad SMARTS) is 2. The summed E-state index contributed by atoms with van der Waals surface area (Å²) in [5, 5.41) is 44.6. The molecular weight excluding hydrogens is 418 g/mol. The number of likely N-dealkylation sites (N-methyl/N-ethyl adjacent to an activating group) is 1. The molecule has 7 N–H and O–H groups in total. The van der Waals surface area contributed by atoms with Gasteiger partial charge in [0.1, 0.15) is 11.8 Å². The molecule has 1 aromatic rings. The number of nitrogens with one attached hydrogen (secondary N) is 1. The van der Waals surface area contributed by atoms with Crippen LogP contribution >= 0.6 is 0 Å². The Balaban J connectivity index is 1.79. The minimum Gasteiger partial charge on any atom is -0.507 e. The van der Waals surface area contributed by atoms with Crippen molar-refractivity contribution in [2.45, 2.75) is 67.7 Å². The van der Waals surface area contributed by atoms with Crippen molar-refractivity contribution in [1.29, 1.82) is 0 Å². The van der Waals surface area contributed by atoms with Crippen LogP contribution in [0, 0.1) is 0 Å². The summed E-state index contributed by atoms with van der Waals surface area (Å²) in [6.07, 6.45) is 1.54. The second-order valence-corrected chi connectivity index (χ2v) is 9.41. The SMILES string of the molecule is CN1CC[C@]23C[C@H](NC(CC(=O)O)C(=O)O)CC[C@@]2(O)[C@H]1Cc1ccc(C(N)=O)c(O)c13. The minimum atomic E-state index is -1.27. The third-order valence-corrected chi connectivity index (χ3v) is 7.81. The molecule has 10 heteroatoms. The van der Waals surface area contributed by atoms with Crippen molar-refractivity contribution in [3.63, 3.8) is 0 Å². The van der Waals surface area contributed by atoms with Gasteiger partial charge in [0.2, 0.25) is 0 Å². The number of rotatable bonds is 6. The first kappa shape index (κ1) is 22.5. The van der Waals surface area contributed by atoms with Crippen LogP contribution in [0.5, 0.6) is 5.75 Å². The van der Waals surface area contributed by atoms with E-state index in [1.165, 1.54) is 6.07 Å². The van der Waals surface area contributed by atoms with Crippen LogP contribution in [-0.2, 0) is 21.4 Å². The fourth-order valence-corrected chi connectivity index (χ4v) is 6.36. The van der Waals surface area contributed by atoms with E-state index in [0.29, 0.717) is 44.2 Å². The van der Waals surface area contributed by atoms with Crippen molar-refractivity contribution in [3.8, 4) is 5.75 Å². The number of nitrogens with two attached hydrogens (primary N) is 1. The minimum absolute atomic E-state index is 0.0118. The molecule has 1 amide bonds. The fourth-order valence-electron chi connectivity index (χ4n) is 6.36. The number of benzene rings is 1. The molecule has 0 aromatic heterocycles. The molecule has 5 atom stereocenters. The first-order valence-corrected chi connectivity index (χ1v) is 10.8. The summed E-state index contributed by atoms with van der Waals surface area (Å²) in [5.41, 5.74) is 4.68. The molecule has 10 nitrogen and oxygen atoms in total. The van der Waals surface area contributed by atoms with Gasteiger partial charge < -0.3 is 36.4 Å². The first-order valence-electron chi connectivity index (χ1n) is 10.8. The van der Waals surface area contributed by atoms with Crippen molar-refractivity contribution in [2.24, 2.45) is 5.73 Å². The predicted molar refractivity (Wildman–Crippen MR) is 112 cm³/mol. The number of phenols is 1. The van der Waals surface area contributed by atoms with Gasteiger partial charge in [0.15, 0.2) is 0 Å². The Morgan fingerprint density at radius 2 is 2.00 bits per heavy atom. The molecule has 0 spiro atoms. The summed E-state index contributed by atoms with van der Waals surface area (Å²) in [7, 11) is 1.95. The molecule has 1 unspecified atom stereocenters. The Bertz CT molecular complexity index is 983. The highest BCUT2D eigenvalue weighted by Crippen LogP contribution is 2.60. The lowest BCUT2D eigenvalue weighted by molar-refractivity contribution is -0.167. The van der Waals surface area contributed by atoms with Crippen molar-refractivity contribution < 1.29 is 34.8 Å². The Kier molecular flexibility index (Phi) is 5.43. The van der Waals surface area contributed by atoms with E-state index < -0.39 is 41.3 Å². The molecule has 1 aromatic carbocycles. The second-order valence-electron chi connectivity index (χ2n) is 9.41. The normalized spacial score (nSPS) is 32.4. The number of carbonyl (C=O) groups excluding carboxylic acids is 1. The van der Waals surface area contributed by atoms with Gasteiger partial charge in [-0.05, 0) is 57.3 Å². The zero-order valence-electron chi connectivity index (χ0n) is 17.9. The summed E-state index contributed by atoms with van der Waals surface area (Å²) < 4.78 is 0. The first-order chi connectivity index (χ1) is 15.0. The number of amides is 1. The molecule has 32 heavy (non-hydrogen) atoms. The molecule has 1 heterocycles. The van der Waals surface area contributed by atoms with Crippen LogP contribution in [0.3, 0.4) is 0 Å². The lowest BCUT2D eigenvalue weighted by Crippen LogP contribution is -2.73. The van der Waals surface area contributed by atoms with E-state index >= 15 is 0 Å². The highest BCUT2D eigenvalue weighted by atomic mass is 16.4. The summed E-state index contributed by atoms with van der Waals surface area (Å²) in [6, 6.07) is 1.42. The number of hydrogen-bond acceptors (Lipinski definition) is 7. The second kappa shape index (κ2) is 7.72. The lowest BCUT2D eigenvalue weighted by atomic mass is 9.48. The Morgan fingerprint density at radius 1 is 1.28 bits per heavy atom. The van der Waals surface area contributed by atoms with Crippen LogP contribution in [0.15, 0.2) is 12.1 Å². The maximum Gasteiger partial charge on any atom is 0.321 e. The molecular formula is C22H29N3O7. The Hall–Kier alpha value is -2.69. The molecule has 1 saturated heterocycles. The highest BCUT2D eigenvalue weighted by molar-refractivity contribution is 5.96. The summed E-state index contributed by atoms with van der Waals surface area (Å²) in [4.78, 5) is 36.8. The molecule has 1 aliphatic heterocycles. The van der Waals surface area contributed by atoms with Crippen LogP contribution in [0.1, 0.15) is 53.6 Å². The standard InChI is InChI=1S/C22H29N3O7/c1-25-7-6-21-10-12(24-14(20(30)31)9-16(26)27)4-5-22(21,32)15(25)8-11-2-3-13(19(23)29)18(28)17(11)21/h2-3,12,14-15,24,28,32H,4-10H2,1H3,(H2,23,29)(H,26,27)(H,30,31)/t12-,14?,15-,21-,22-/m1/s1. The van der Waals surface area contributed by atoms with Gasteiger partial charge in [-0.25, -0.2) is 0 Å². The van der Waals surface area contributed by atoms with Crippen molar-refractivity contribution in [2.75, 3.05) is 13.6 Å². The van der Waals surface area contributed by atoms with Crippen molar-refractivity contribution >= 4 is 17.8 Å². The molecule has 2 bridgehead atoms. The van der Waals surface area contributed by atoms with E-state index in [2.05, 4.69) is 10.2 Å². The summed E-state index contributed by atoms with van der Waals surface area (Å²) in [5.74, 6) is -3.47. The summed E-state index contributed by atoms with van der Waals surface area (Å²) >= 11 is 0. The van der Waals surface area contributed by atoms with E-state index in [1.54, 1.807) is 6.07 Å². The average molecular weight is 447 g/mol. The number of aromatic hydroxyl groups is 1. The van der Waals surface area contributed by atoms with E-state index in [9.17, 15) is 29.7 Å². The topological polar surface area (TPSA) is 173 Å². The van der Waals surface area contributed by atoms with Gasteiger partial charge in [0.25, 0.3) is 5.91 Å². The molecule has 3 aliphatic rings. The van der Waals surface area contributed by atoms with Crippen LogP contribution in [0.4, 0.5) is 0 Å². The van der Waals surface area contributed by atoms with Gasteiger partial charge in [-0.15, -0.1) is 0 Å². The summed E-state index contributed by atoms with van der Waals surface area (Å²) in [6.45, 7) is 0.650. The average Bonchev–Trinajstić information content (AvgIpc) is 2.70. The lowest BCUT2D eigenvalue weighted by Gasteiger charge is -2.64. The maximum atomic E-state index is 12.0. The number of carboxylic acids is 2. The van der Waals surface area contributed by atoms with Crippen LogP contribution in [0.2, 0.25) is 0 Å². The Labute approximate surface area is 185 Å². The number of piperidine rings is 1. The molecule has 174 valence electrons. The molecule has 1 saturated carbocycles. The third kappa shape index (κ3) is 3.25. The smallest absolute Gasteiger partial charge is 0.321 e. The quantitative estimate of drug-likeness (QED) is 0.345. The molecule has 2 fully saturated rings. The molecule has 4 rings (SSSR count). The van der Waals surface area contributed by atoms with E-state index in [0.717, 1.165) is 5.56 Å². The van der Waals surface area contributed by atoms with Crippen molar-refractivity contribution in [3.05, 3.63) is 28.8 Å². The number of aliphatic hydroxyl groups is 1. The number of aliphatic carboxylic acids is 2. The molecule has 2 aliphatic carbocycles. The number of primary amides is 1. The predicted octanol–water partition coefficient (Wildman–Crippen LogP) is -0.210. The Morgan fingerprint density at radius 3 is 2.62 bits per heavy atom. The van der Waals surface area contributed by atoms with Gasteiger partial charge in [-0.1, -0.05) is 6.07 Å². The van der Waals surface area contributed by atoms with Crippen LogP contribution < -0.4 is 11.1 Å². The van der Waals surface area contributed by atoms with E-state index in [-0.39, 0.29) is 23.4 Å². The molecule has 0 radical (unpaired) electrons. The highest BCUT2D eigenvalue weighted by Gasteiger charge is 2.65. The number of hydrogen-bond donors (Lipinski definition) is 6. The van der Waals surface area contributed by atoms with E-state index in [1.807, 2.05) is 7.05 Å². The maximum absolute atomic E-state index is 12.0. The van der Waals surface area contributed by atoms with Gasteiger partial charge in [0, 0.05) is 23.1 Å². The van der Waals surface area contributed by atoms with Gasteiger partial charge in [-0.2, -0.15) is 0 Å². The van der Waals surface area contributed by atoms with Crippen LogP contribution in [0.25, 0.3) is 0 Å². The number of fused-ring (bicyclic) bond motifs is 1. The van der Waals surface area contributed by atoms with Gasteiger partial charge >= 0.3 is 11.9 Å². The van der Waals surface area contributed by atoms with E-state index in [4.69, 9.17) is 10.8 Å². The van der Waals surface area contributed by atoms with Gasteiger partial charge in [0.05, 0.1) is 17.6 Å². The van der Waals surface area contributed by atoms with Crippen molar-refractivity contribution in [1.82, 2.24) is 10.2 Å². The largest absolute Gasteiger partial charge is 0.507 e. The zero-order chi connectivity index (χ0) is 23.4. The third-order valence-electron chi connectivity index (χ3n) is 7.81. The number of likely N-dealkylation sites (tertiary alicyclic amines) is 1. The van der Waals surface area contributed by atoms with Crippen LogP contribution in [-0.4, -0.2) is 80.5 Å². The fraction of sp³-hybridized carbons (Fsp3) is 0.591. The number of carbonyl (C=O) groups is 3.